The fourth-order valence-corrected chi connectivity index (χ4v) is 3.57. The maximum atomic E-state index is 12.0. The second-order valence-electron chi connectivity index (χ2n) is 10.7. The van der Waals surface area contributed by atoms with Gasteiger partial charge in [-0.3, -0.25) is 4.79 Å². The molecule has 0 rings (SSSR count). The number of nitrogens with one attached hydrogen (secondary N) is 1. The van der Waals surface area contributed by atoms with Crippen LogP contribution in [0.2, 0.25) is 0 Å². The van der Waals surface area contributed by atoms with E-state index in [-0.39, 0.29) is 5.91 Å². The topological polar surface area (TPSA) is 29.1 Å². The SMILES string of the molecule is C/C(=C\C(=O)NCC[N+](C)(C)C)CCCC(C)CCCC(C)CCCC(C)C. The van der Waals surface area contributed by atoms with Crippen LogP contribution in [0.3, 0.4) is 0 Å². The van der Waals surface area contributed by atoms with Gasteiger partial charge in [0.05, 0.1) is 34.2 Å². The van der Waals surface area contributed by atoms with Gasteiger partial charge < -0.3 is 9.80 Å². The van der Waals surface area contributed by atoms with Crippen molar-refractivity contribution >= 4 is 5.91 Å². The number of quaternary nitrogens is 1. The van der Waals surface area contributed by atoms with Crippen molar-refractivity contribution in [3.8, 4) is 0 Å². The van der Waals surface area contributed by atoms with Gasteiger partial charge in [0.25, 0.3) is 0 Å². The van der Waals surface area contributed by atoms with Crippen LogP contribution in [-0.4, -0.2) is 44.6 Å². The van der Waals surface area contributed by atoms with Gasteiger partial charge in [0.2, 0.25) is 5.91 Å². The lowest BCUT2D eigenvalue weighted by atomic mass is 9.91. The zero-order valence-corrected chi connectivity index (χ0v) is 20.4. The van der Waals surface area contributed by atoms with E-state index in [1.807, 2.05) is 0 Å². The molecule has 0 fully saturated rings. The van der Waals surface area contributed by atoms with Gasteiger partial charge in [-0.2, -0.15) is 0 Å². The number of hydrogen-bond acceptors (Lipinski definition) is 1. The number of likely N-dealkylation sites (N-methyl/N-ethyl adjacent to an activating group) is 1. The Hall–Kier alpha value is -0.830. The highest BCUT2D eigenvalue weighted by Crippen LogP contribution is 2.22. The van der Waals surface area contributed by atoms with E-state index in [4.69, 9.17) is 0 Å². The fourth-order valence-electron chi connectivity index (χ4n) is 3.57. The Kier molecular flexibility index (Phi) is 14.6. The van der Waals surface area contributed by atoms with Crippen molar-refractivity contribution in [2.24, 2.45) is 17.8 Å². The van der Waals surface area contributed by atoms with Gasteiger partial charge in [0, 0.05) is 6.08 Å². The molecule has 0 spiro atoms. The molecule has 0 aliphatic carbocycles. The summed E-state index contributed by atoms with van der Waals surface area (Å²) in [4.78, 5) is 12.0. The summed E-state index contributed by atoms with van der Waals surface area (Å²) in [6, 6.07) is 0. The van der Waals surface area contributed by atoms with Crippen molar-refractivity contribution in [1.29, 1.82) is 0 Å². The summed E-state index contributed by atoms with van der Waals surface area (Å²) in [6.07, 6.45) is 13.6. The van der Waals surface area contributed by atoms with Crippen LogP contribution in [0.1, 0.15) is 92.4 Å². The minimum Gasteiger partial charge on any atom is -0.347 e. The van der Waals surface area contributed by atoms with Crippen LogP contribution in [-0.2, 0) is 4.79 Å². The van der Waals surface area contributed by atoms with E-state index in [1.54, 1.807) is 6.08 Å². The molecule has 0 aliphatic heterocycles. The van der Waals surface area contributed by atoms with E-state index >= 15 is 0 Å². The van der Waals surface area contributed by atoms with Gasteiger partial charge >= 0.3 is 0 Å². The Morgan fingerprint density at radius 2 is 1.36 bits per heavy atom. The third kappa shape index (κ3) is 18.5. The number of hydrogen-bond donors (Lipinski definition) is 1. The number of nitrogens with zero attached hydrogens (tertiary/aromatic N) is 1. The van der Waals surface area contributed by atoms with E-state index < -0.39 is 0 Å². The predicted molar refractivity (Wildman–Crippen MR) is 124 cm³/mol. The zero-order valence-electron chi connectivity index (χ0n) is 20.4. The molecule has 1 amide bonds. The van der Waals surface area contributed by atoms with Gasteiger partial charge in [0.1, 0.15) is 0 Å². The van der Waals surface area contributed by atoms with E-state index in [9.17, 15) is 4.79 Å². The molecule has 0 heterocycles. The number of amides is 1. The molecule has 0 aliphatic rings. The molecule has 3 heteroatoms. The molecule has 0 saturated heterocycles. The predicted octanol–water partition coefficient (Wildman–Crippen LogP) is 6.19. The molecule has 2 unspecified atom stereocenters. The lowest BCUT2D eigenvalue weighted by Gasteiger charge is -2.23. The average molecular weight is 396 g/mol. The Labute approximate surface area is 176 Å². The first-order chi connectivity index (χ1) is 13.0. The Morgan fingerprint density at radius 3 is 1.86 bits per heavy atom. The normalized spacial score (nSPS) is 15.0. The van der Waals surface area contributed by atoms with Crippen LogP contribution >= 0.6 is 0 Å². The van der Waals surface area contributed by atoms with E-state index in [0.717, 1.165) is 41.7 Å². The molecule has 0 saturated carbocycles. The van der Waals surface area contributed by atoms with Gasteiger partial charge in [0.15, 0.2) is 0 Å². The van der Waals surface area contributed by atoms with Crippen molar-refractivity contribution in [1.82, 2.24) is 5.32 Å². The number of rotatable bonds is 16. The molecule has 0 aromatic carbocycles. The van der Waals surface area contributed by atoms with E-state index in [1.165, 1.54) is 56.9 Å². The number of carbonyl (C=O) groups excluding carboxylic acids is 1. The summed E-state index contributed by atoms with van der Waals surface area (Å²) >= 11 is 0. The molecule has 0 bridgehead atoms. The molecule has 166 valence electrons. The first kappa shape index (κ1) is 27.2. The van der Waals surface area contributed by atoms with Crippen molar-refractivity contribution in [3.63, 3.8) is 0 Å². The summed E-state index contributed by atoms with van der Waals surface area (Å²) in [6.45, 7) is 13.2. The minimum absolute atomic E-state index is 0.0606. The Balaban J connectivity index is 3.80. The van der Waals surface area contributed by atoms with Crippen LogP contribution in [0.25, 0.3) is 0 Å². The second-order valence-corrected chi connectivity index (χ2v) is 10.7. The van der Waals surface area contributed by atoms with E-state index in [0.29, 0.717) is 0 Å². The zero-order chi connectivity index (χ0) is 21.6. The summed E-state index contributed by atoms with van der Waals surface area (Å²) < 4.78 is 0.873. The van der Waals surface area contributed by atoms with Gasteiger partial charge in [-0.15, -0.1) is 0 Å². The van der Waals surface area contributed by atoms with Gasteiger partial charge in [-0.25, -0.2) is 0 Å². The lowest BCUT2D eigenvalue weighted by Crippen LogP contribution is -2.41. The standard InChI is InChI=1S/C25H50N2O/c1-21(2)12-9-13-22(3)14-10-15-23(4)16-11-17-24(5)20-25(28)26-18-19-27(6,7)8/h20-23H,9-19H2,1-8H3/p+1/b24-20+. The summed E-state index contributed by atoms with van der Waals surface area (Å²) in [7, 11) is 6.42. The van der Waals surface area contributed by atoms with E-state index in [2.05, 4.69) is 61.1 Å². The molecule has 3 nitrogen and oxygen atoms in total. The molecule has 0 radical (unpaired) electrons. The van der Waals surface area contributed by atoms with Gasteiger partial charge in [-0.1, -0.05) is 78.2 Å². The van der Waals surface area contributed by atoms with Crippen molar-refractivity contribution < 1.29 is 9.28 Å². The first-order valence-corrected chi connectivity index (χ1v) is 11.7. The van der Waals surface area contributed by atoms with Crippen LogP contribution in [0.15, 0.2) is 11.6 Å². The maximum Gasteiger partial charge on any atom is 0.244 e. The molecular formula is C25H51N2O+. The molecule has 1 N–H and O–H groups in total. The van der Waals surface area contributed by atoms with Crippen LogP contribution < -0.4 is 5.32 Å². The highest BCUT2D eigenvalue weighted by Gasteiger charge is 2.08. The third-order valence-electron chi connectivity index (χ3n) is 5.60. The first-order valence-electron chi connectivity index (χ1n) is 11.7. The smallest absolute Gasteiger partial charge is 0.244 e. The summed E-state index contributed by atoms with van der Waals surface area (Å²) in [5.74, 6) is 2.59. The van der Waals surface area contributed by atoms with Crippen LogP contribution in [0, 0.1) is 17.8 Å². The summed E-state index contributed by atoms with van der Waals surface area (Å²) in [5, 5.41) is 3.00. The largest absolute Gasteiger partial charge is 0.347 e. The molecule has 0 aromatic heterocycles. The minimum atomic E-state index is 0.0606. The quantitative estimate of drug-likeness (QED) is 0.245. The van der Waals surface area contributed by atoms with Crippen LogP contribution in [0.4, 0.5) is 0 Å². The number of carbonyl (C=O) groups is 1. The summed E-state index contributed by atoms with van der Waals surface area (Å²) in [5.41, 5.74) is 1.20. The van der Waals surface area contributed by atoms with Crippen molar-refractivity contribution in [3.05, 3.63) is 11.6 Å². The Bertz CT molecular complexity index is 434. The molecule has 0 aromatic rings. The highest BCUT2D eigenvalue weighted by molar-refractivity contribution is 5.88. The molecule has 28 heavy (non-hydrogen) atoms. The van der Waals surface area contributed by atoms with Crippen molar-refractivity contribution in [2.45, 2.75) is 92.4 Å². The average Bonchev–Trinajstić information content (AvgIpc) is 2.53. The lowest BCUT2D eigenvalue weighted by molar-refractivity contribution is -0.869. The maximum absolute atomic E-state index is 12.0. The van der Waals surface area contributed by atoms with Gasteiger partial charge in [-0.05, 0) is 37.5 Å². The van der Waals surface area contributed by atoms with Crippen LogP contribution in [0.5, 0.6) is 0 Å². The number of allylic oxidation sites excluding steroid dienone is 1. The monoisotopic (exact) mass is 395 g/mol. The fraction of sp³-hybridized carbons (Fsp3) is 0.880. The second kappa shape index (κ2) is 15.1. The molecule has 2 atom stereocenters. The van der Waals surface area contributed by atoms with Crippen molar-refractivity contribution in [2.75, 3.05) is 34.2 Å². The molecular weight excluding hydrogens is 344 g/mol. The highest BCUT2D eigenvalue weighted by atomic mass is 16.1. The third-order valence-corrected chi connectivity index (χ3v) is 5.60. The Morgan fingerprint density at radius 1 is 0.857 bits per heavy atom.